The van der Waals surface area contributed by atoms with Crippen molar-refractivity contribution in [3.05, 3.63) is 59.8 Å². The van der Waals surface area contributed by atoms with Gasteiger partial charge in [0.2, 0.25) is 11.8 Å². The van der Waals surface area contributed by atoms with Crippen molar-refractivity contribution in [3.8, 4) is 5.88 Å². The molecule has 102 valence electrons. The molecule has 0 aliphatic rings. The summed E-state index contributed by atoms with van der Waals surface area (Å²) in [6, 6.07) is 11.4. The Balaban J connectivity index is 1.98. The van der Waals surface area contributed by atoms with Crippen molar-refractivity contribution in [1.82, 2.24) is 4.98 Å². The minimum Gasteiger partial charge on any atom is -0.481 e. The van der Waals surface area contributed by atoms with Gasteiger partial charge < -0.3 is 10.1 Å². The van der Waals surface area contributed by atoms with Crippen molar-refractivity contribution in [1.29, 1.82) is 0 Å². The average molecular weight is 268 g/mol. The van der Waals surface area contributed by atoms with Crippen LogP contribution in [0, 0.1) is 6.92 Å². The largest absolute Gasteiger partial charge is 0.481 e. The summed E-state index contributed by atoms with van der Waals surface area (Å²) in [6.07, 6.45) is 4.83. The molecule has 1 N–H and O–H groups in total. The van der Waals surface area contributed by atoms with Gasteiger partial charge in [-0.25, -0.2) is 4.98 Å². The fourth-order valence-corrected chi connectivity index (χ4v) is 1.70. The summed E-state index contributed by atoms with van der Waals surface area (Å²) < 4.78 is 4.95. The molecule has 0 bridgehead atoms. The Bertz CT molecular complexity index is 619. The molecule has 0 radical (unpaired) electrons. The Labute approximate surface area is 118 Å². The molecule has 1 aromatic heterocycles. The first-order valence-electron chi connectivity index (χ1n) is 6.23. The Kier molecular flexibility index (Phi) is 4.50. The summed E-state index contributed by atoms with van der Waals surface area (Å²) in [6.45, 7) is 2.01. The van der Waals surface area contributed by atoms with Gasteiger partial charge in [-0.2, -0.15) is 0 Å². The highest BCUT2D eigenvalue weighted by molar-refractivity contribution is 6.01. The van der Waals surface area contributed by atoms with Crippen LogP contribution in [0.4, 0.5) is 5.69 Å². The van der Waals surface area contributed by atoms with E-state index < -0.39 is 0 Å². The molecule has 0 aliphatic carbocycles. The van der Waals surface area contributed by atoms with E-state index >= 15 is 0 Å². The Hall–Kier alpha value is -2.62. The van der Waals surface area contributed by atoms with Gasteiger partial charge in [-0.15, -0.1) is 0 Å². The Morgan fingerprint density at radius 1 is 1.30 bits per heavy atom. The molecule has 20 heavy (non-hydrogen) atoms. The van der Waals surface area contributed by atoms with Crippen molar-refractivity contribution in [2.24, 2.45) is 0 Å². The third kappa shape index (κ3) is 3.95. The maximum absolute atomic E-state index is 11.8. The lowest BCUT2D eigenvalue weighted by molar-refractivity contribution is -0.111. The number of carbonyl (C=O) groups excluding carboxylic acids is 1. The van der Waals surface area contributed by atoms with E-state index in [0.29, 0.717) is 11.6 Å². The summed E-state index contributed by atoms with van der Waals surface area (Å²) >= 11 is 0. The number of methoxy groups -OCH3 is 1. The number of ether oxygens (including phenoxy) is 1. The normalized spacial score (nSPS) is 10.5. The van der Waals surface area contributed by atoms with Crippen LogP contribution in [-0.2, 0) is 4.79 Å². The van der Waals surface area contributed by atoms with Gasteiger partial charge in [0.15, 0.2) is 0 Å². The second-order valence-electron chi connectivity index (χ2n) is 4.33. The molecule has 0 aliphatic heterocycles. The Morgan fingerprint density at radius 2 is 2.15 bits per heavy atom. The number of nitrogens with one attached hydrogen (secondary N) is 1. The fourth-order valence-electron chi connectivity index (χ4n) is 1.70. The van der Waals surface area contributed by atoms with Crippen LogP contribution in [0.25, 0.3) is 6.08 Å². The molecule has 4 nitrogen and oxygen atoms in total. The van der Waals surface area contributed by atoms with Crippen LogP contribution in [0.15, 0.2) is 48.7 Å². The molecule has 0 spiro atoms. The molecule has 1 aromatic carbocycles. The predicted octanol–water partition coefficient (Wildman–Crippen LogP) is 3.05. The number of hydrogen-bond donors (Lipinski definition) is 1. The molecule has 2 rings (SSSR count). The van der Waals surface area contributed by atoms with Crippen LogP contribution in [0.2, 0.25) is 0 Å². The lowest BCUT2D eigenvalue weighted by atomic mass is 10.1. The number of aromatic nitrogens is 1. The zero-order chi connectivity index (χ0) is 14.4. The summed E-state index contributed by atoms with van der Waals surface area (Å²) in [5, 5.41) is 2.73. The van der Waals surface area contributed by atoms with Gasteiger partial charge in [-0.1, -0.05) is 29.8 Å². The summed E-state index contributed by atoms with van der Waals surface area (Å²) in [5.41, 5.74) is 2.78. The van der Waals surface area contributed by atoms with E-state index in [4.69, 9.17) is 4.74 Å². The minimum absolute atomic E-state index is 0.196. The van der Waals surface area contributed by atoms with Crippen LogP contribution in [0.3, 0.4) is 0 Å². The lowest BCUT2D eigenvalue weighted by Crippen LogP contribution is -2.07. The van der Waals surface area contributed by atoms with Crippen LogP contribution in [-0.4, -0.2) is 18.0 Å². The number of amides is 1. The molecule has 0 atom stereocenters. The number of nitrogens with zero attached hydrogens (tertiary/aromatic N) is 1. The SMILES string of the molecule is COc1ccc(NC(=O)/C=C/c2cccc(C)c2)cn1. The molecule has 0 fully saturated rings. The average Bonchev–Trinajstić information content (AvgIpc) is 2.46. The van der Waals surface area contributed by atoms with Crippen LogP contribution < -0.4 is 10.1 Å². The number of pyridine rings is 1. The fraction of sp³-hybridized carbons (Fsp3) is 0.125. The zero-order valence-corrected chi connectivity index (χ0v) is 11.5. The maximum Gasteiger partial charge on any atom is 0.248 e. The first-order valence-corrected chi connectivity index (χ1v) is 6.23. The molecule has 1 heterocycles. The lowest BCUT2D eigenvalue weighted by Gasteiger charge is -2.03. The predicted molar refractivity (Wildman–Crippen MR) is 79.6 cm³/mol. The van der Waals surface area contributed by atoms with Crippen molar-refractivity contribution >= 4 is 17.7 Å². The molecular weight excluding hydrogens is 252 g/mol. The topological polar surface area (TPSA) is 51.2 Å². The van der Waals surface area contributed by atoms with E-state index in [0.717, 1.165) is 11.1 Å². The molecule has 0 unspecified atom stereocenters. The first-order chi connectivity index (χ1) is 9.67. The monoisotopic (exact) mass is 268 g/mol. The van der Waals surface area contributed by atoms with E-state index in [9.17, 15) is 4.79 Å². The van der Waals surface area contributed by atoms with Crippen LogP contribution in [0.5, 0.6) is 5.88 Å². The molecular formula is C16H16N2O2. The zero-order valence-electron chi connectivity index (χ0n) is 11.5. The number of rotatable bonds is 4. The third-order valence-electron chi connectivity index (χ3n) is 2.68. The van der Waals surface area contributed by atoms with Gasteiger partial charge in [-0.3, -0.25) is 4.79 Å². The quantitative estimate of drug-likeness (QED) is 0.867. The number of carbonyl (C=O) groups is 1. The minimum atomic E-state index is -0.196. The van der Waals surface area contributed by atoms with E-state index in [2.05, 4.69) is 10.3 Å². The Morgan fingerprint density at radius 3 is 2.80 bits per heavy atom. The van der Waals surface area contributed by atoms with Crippen molar-refractivity contribution in [3.63, 3.8) is 0 Å². The molecule has 2 aromatic rings. The number of anilines is 1. The molecule has 4 heteroatoms. The highest BCUT2D eigenvalue weighted by Gasteiger charge is 1.99. The van der Waals surface area contributed by atoms with Gasteiger partial charge in [0.25, 0.3) is 0 Å². The highest BCUT2D eigenvalue weighted by atomic mass is 16.5. The van der Waals surface area contributed by atoms with E-state index in [-0.39, 0.29) is 5.91 Å². The molecule has 0 saturated heterocycles. The van der Waals surface area contributed by atoms with Crippen LogP contribution >= 0.6 is 0 Å². The third-order valence-corrected chi connectivity index (χ3v) is 2.68. The second-order valence-corrected chi connectivity index (χ2v) is 4.33. The van der Waals surface area contributed by atoms with Crippen LogP contribution in [0.1, 0.15) is 11.1 Å². The van der Waals surface area contributed by atoms with Gasteiger partial charge in [0.1, 0.15) is 0 Å². The number of aryl methyl sites for hydroxylation is 1. The number of benzene rings is 1. The maximum atomic E-state index is 11.8. The van der Waals surface area contributed by atoms with Gasteiger partial charge in [-0.05, 0) is 24.6 Å². The van der Waals surface area contributed by atoms with Crippen molar-refractivity contribution in [2.45, 2.75) is 6.92 Å². The van der Waals surface area contributed by atoms with Gasteiger partial charge in [0, 0.05) is 12.1 Å². The summed E-state index contributed by atoms with van der Waals surface area (Å²) in [7, 11) is 1.55. The second kappa shape index (κ2) is 6.52. The van der Waals surface area contributed by atoms with Crippen molar-refractivity contribution in [2.75, 3.05) is 12.4 Å². The van der Waals surface area contributed by atoms with E-state index in [1.807, 2.05) is 31.2 Å². The van der Waals surface area contributed by atoms with Crippen molar-refractivity contribution < 1.29 is 9.53 Å². The smallest absolute Gasteiger partial charge is 0.248 e. The summed E-state index contributed by atoms with van der Waals surface area (Å²) in [5.74, 6) is 0.316. The highest BCUT2D eigenvalue weighted by Crippen LogP contribution is 2.11. The first kappa shape index (κ1) is 13.8. The van der Waals surface area contributed by atoms with Gasteiger partial charge in [0.05, 0.1) is 19.0 Å². The van der Waals surface area contributed by atoms with E-state index in [1.165, 1.54) is 6.08 Å². The number of hydrogen-bond acceptors (Lipinski definition) is 3. The summed E-state index contributed by atoms with van der Waals surface area (Å²) in [4.78, 5) is 15.8. The van der Waals surface area contributed by atoms with Gasteiger partial charge >= 0.3 is 0 Å². The standard InChI is InChI=1S/C16H16N2O2/c1-12-4-3-5-13(10-12)6-8-15(19)18-14-7-9-16(20-2)17-11-14/h3-11H,1-2H3,(H,18,19)/b8-6+. The molecule has 1 amide bonds. The van der Waals surface area contributed by atoms with E-state index in [1.54, 1.807) is 31.5 Å². The molecule has 0 saturated carbocycles.